The topological polar surface area (TPSA) is 30.7 Å². The van der Waals surface area contributed by atoms with E-state index in [4.69, 9.17) is 12.2 Å². The lowest BCUT2D eigenvalue weighted by Crippen LogP contribution is -2.06. The first-order valence-electron chi connectivity index (χ1n) is 5.02. The van der Waals surface area contributed by atoms with E-state index in [1.165, 1.54) is 0 Å². The molecule has 16 heavy (non-hydrogen) atoms. The second kappa shape index (κ2) is 3.99. The van der Waals surface area contributed by atoms with Crippen molar-refractivity contribution in [3.05, 3.63) is 35.1 Å². The van der Waals surface area contributed by atoms with Gasteiger partial charge in [-0.1, -0.05) is 42.1 Å². The lowest BCUT2D eigenvalue weighted by atomic mass is 10.2. The Morgan fingerprint density at radius 1 is 1.19 bits per heavy atom. The van der Waals surface area contributed by atoms with Gasteiger partial charge in [0, 0.05) is 17.9 Å². The van der Waals surface area contributed by atoms with Crippen LogP contribution in [0.5, 0.6) is 0 Å². The molecule has 0 saturated heterocycles. The fourth-order valence-electron chi connectivity index (χ4n) is 1.76. The second-order valence-electron chi connectivity index (χ2n) is 3.48. The van der Waals surface area contributed by atoms with Gasteiger partial charge < -0.3 is 4.57 Å². The van der Waals surface area contributed by atoms with Crippen LogP contribution in [-0.4, -0.2) is 20.3 Å². The van der Waals surface area contributed by atoms with E-state index in [0.29, 0.717) is 4.77 Å². The second-order valence-corrected chi connectivity index (χ2v) is 4.91. The Balaban J connectivity index is 2.25. The van der Waals surface area contributed by atoms with Gasteiger partial charge in [-0.15, -0.1) is 0 Å². The summed E-state index contributed by atoms with van der Waals surface area (Å²) in [4.78, 5) is 8.64. The third-order valence-electron chi connectivity index (χ3n) is 2.46. The van der Waals surface area contributed by atoms with Crippen molar-refractivity contribution < 1.29 is 0 Å². The summed E-state index contributed by atoms with van der Waals surface area (Å²) in [6.45, 7) is 0.958. The van der Waals surface area contributed by atoms with Gasteiger partial charge in [0.05, 0.1) is 0 Å². The predicted octanol–water partition coefficient (Wildman–Crippen LogP) is 2.78. The zero-order chi connectivity index (χ0) is 11.0. The molecule has 0 amide bonds. The summed E-state index contributed by atoms with van der Waals surface area (Å²) in [6.07, 6.45) is 0. The molecular formula is C11H9N3S2. The predicted molar refractivity (Wildman–Crippen MR) is 67.0 cm³/mol. The third-order valence-corrected chi connectivity index (χ3v) is 3.60. The van der Waals surface area contributed by atoms with Gasteiger partial charge in [-0.05, 0) is 12.2 Å². The van der Waals surface area contributed by atoms with Crippen LogP contribution >= 0.6 is 24.0 Å². The van der Waals surface area contributed by atoms with Gasteiger partial charge in [-0.25, -0.2) is 4.98 Å². The van der Waals surface area contributed by atoms with Crippen LogP contribution in [0, 0.1) is 4.77 Å². The Kier molecular flexibility index (Phi) is 2.49. The van der Waals surface area contributed by atoms with E-state index in [1.807, 2.05) is 30.3 Å². The molecule has 2 heterocycles. The minimum atomic E-state index is 0.430. The number of hydrogen-bond donors (Lipinski definition) is 0. The normalized spacial score (nSPS) is 13.8. The number of nitrogens with zero attached hydrogens (tertiary/aromatic N) is 3. The standard InChI is InChI=1S/C11H9N3S2/c15-10-12-9(8-4-2-1-3-5-8)14-6-7-16-11(14)13-10/h1-5H,6-7H2. The first-order chi connectivity index (χ1) is 7.84. The highest BCUT2D eigenvalue weighted by Gasteiger charge is 2.16. The molecule has 1 aliphatic rings. The van der Waals surface area contributed by atoms with Gasteiger partial charge in [0.15, 0.2) is 5.16 Å². The molecule has 0 radical (unpaired) electrons. The maximum Gasteiger partial charge on any atom is 0.223 e. The van der Waals surface area contributed by atoms with E-state index in [-0.39, 0.29) is 0 Å². The molecule has 0 aliphatic carbocycles. The average molecular weight is 247 g/mol. The molecule has 80 valence electrons. The summed E-state index contributed by atoms with van der Waals surface area (Å²) in [7, 11) is 0. The highest BCUT2D eigenvalue weighted by molar-refractivity contribution is 7.99. The van der Waals surface area contributed by atoms with Crippen LogP contribution in [0.25, 0.3) is 11.4 Å². The number of rotatable bonds is 1. The van der Waals surface area contributed by atoms with Crippen molar-refractivity contribution in [2.24, 2.45) is 0 Å². The summed E-state index contributed by atoms with van der Waals surface area (Å²) in [5, 5.41) is 0.985. The summed E-state index contributed by atoms with van der Waals surface area (Å²) in [5.74, 6) is 1.98. The first-order valence-corrected chi connectivity index (χ1v) is 6.41. The summed E-state index contributed by atoms with van der Waals surface area (Å²) < 4.78 is 2.56. The fraction of sp³-hybridized carbons (Fsp3) is 0.182. The average Bonchev–Trinajstić information content (AvgIpc) is 2.77. The van der Waals surface area contributed by atoms with Crippen LogP contribution in [0.1, 0.15) is 0 Å². The number of aromatic nitrogens is 3. The molecule has 0 spiro atoms. The summed E-state index contributed by atoms with van der Waals surface area (Å²) in [6, 6.07) is 10.1. The van der Waals surface area contributed by atoms with E-state index in [1.54, 1.807) is 11.8 Å². The van der Waals surface area contributed by atoms with Gasteiger partial charge in [0.1, 0.15) is 5.82 Å². The molecule has 1 aromatic carbocycles. The molecule has 3 rings (SSSR count). The maximum absolute atomic E-state index is 5.09. The monoisotopic (exact) mass is 247 g/mol. The molecule has 1 aromatic heterocycles. The number of thioether (sulfide) groups is 1. The van der Waals surface area contributed by atoms with Crippen LogP contribution in [-0.2, 0) is 6.54 Å². The van der Waals surface area contributed by atoms with Gasteiger partial charge in [0.2, 0.25) is 4.77 Å². The molecule has 5 heteroatoms. The molecule has 0 bridgehead atoms. The van der Waals surface area contributed by atoms with Crippen LogP contribution in [0.15, 0.2) is 35.5 Å². The van der Waals surface area contributed by atoms with E-state index >= 15 is 0 Å². The minimum absolute atomic E-state index is 0.430. The van der Waals surface area contributed by atoms with Crippen LogP contribution in [0.4, 0.5) is 0 Å². The number of benzene rings is 1. The lowest BCUT2D eigenvalue weighted by molar-refractivity contribution is 0.662. The molecule has 0 atom stereocenters. The molecule has 0 fully saturated rings. The van der Waals surface area contributed by atoms with E-state index in [2.05, 4.69) is 14.5 Å². The molecule has 0 unspecified atom stereocenters. The van der Waals surface area contributed by atoms with E-state index in [9.17, 15) is 0 Å². The Labute approximate surface area is 103 Å². The third kappa shape index (κ3) is 1.66. The molecule has 0 N–H and O–H groups in total. The molecule has 1 aliphatic heterocycles. The first kappa shape index (κ1) is 9.99. The molecule has 2 aromatic rings. The van der Waals surface area contributed by atoms with Crippen LogP contribution < -0.4 is 0 Å². The smallest absolute Gasteiger partial charge is 0.223 e. The van der Waals surface area contributed by atoms with Crippen molar-refractivity contribution in [1.29, 1.82) is 0 Å². The van der Waals surface area contributed by atoms with Crippen molar-refractivity contribution >= 4 is 24.0 Å². The van der Waals surface area contributed by atoms with Crippen LogP contribution in [0.2, 0.25) is 0 Å². The highest BCUT2D eigenvalue weighted by Crippen LogP contribution is 2.28. The zero-order valence-electron chi connectivity index (χ0n) is 8.46. The zero-order valence-corrected chi connectivity index (χ0v) is 10.1. The Morgan fingerprint density at radius 2 is 2.00 bits per heavy atom. The van der Waals surface area contributed by atoms with Gasteiger partial charge in [-0.2, -0.15) is 4.98 Å². The SMILES string of the molecule is S=c1nc2n(c(-c3ccccc3)n1)CCS2. The summed E-state index contributed by atoms with van der Waals surface area (Å²) >= 11 is 6.83. The quantitative estimate of drug-likeness (QED) is 0.725. The highest BCUT2D eigenvalue weighted by atomic mass is 32.2. The Hall–Kier alpha value is -1.20. The fourth-order valence-corrected chi connectivity index (χ4v) is 2.93. The van der Waals surface area contributed by atoms with Crippen LogP contribution in [0.3, 0.4) is 0 Å². The van der Waals surface area contributed by atoms with Gasteiger partial charge in [0.25, 0.3) is 0 Å². The van der Waals surface area contributed by atoms with Crippen molar-refractivity contribution in [2.75, 3.05) is 5.75 Å². The Morgan fingerprint density at radius 3 is 2.81 bits per heavy atom. The van der Waals surface area contributed by atoms with E-state index in [0.717, 1.165) is 28.8 Å². The largest absolute Gasteiger partial charge is 0.304 e. The lowest BCUT2D eigenvalue weighted by Gasteiger charge is -2.08. The number of fused-ring (bicyclic) bond motifs is 1. The molecule has 0 saturated carbocycles. The molecular weight excluding hydrogens is 238 g/mol. The number of hydrogen-bond acceptors (Lipinski definition) is 4. The van der Waals surface area contributed by atoms with Gasteiger partial charge in [-0.3, -0.25) is 0 Å². The molecule has 3 nitrogen and oxygen atoms in total. The summed E-state index contributed by atoms with van der Waals surface area (Å²) in [5.41, 5.74) is 1.10. The van der Waals surface area contributed by atoms with E-state index < -0.39 is 0 Å². The van der Waals surface area contributed by atoms with Crippen molar-refractivity contribution in [3.8, 4) is 11.4 Å². The van der Waals surface area contributed by atoms with Crippen molar-refractivity contribution in [2.45, 2.75) is 11.7 Å². The van der Waals surface area contributed by atoms with Gasteiger partial charge >= 0.3 is 0 Å². The van der Waals surface area contributed by atoms with Crippen molar-refractivity contribution in [1.82, 2.24) is 14.5 Å². The minimum Gasteiger partial charge on any atom is -0.304 e. The Bertz CT molecular complexity index is 578. The maximum atomic E-state index is 5.09. The van der Waals surface area contributed by atoms with Crippen molar-refractivity contribution in [3.63, 3.8) is 0 Å².